The summed E-state index contributed by atoms with van der Waals surface area (Å²) in [6.45, 7) is 11.8. The maximum atomic E-state index is 11.6. The lowest BCUT2D eigenvalue weighted by atomic mass is 9.84. The van der Waals surface area contributed by atoms with Crippen molar-refractivity contribution in [3.05, 3.63) is 23.8 Å². The summed E-state index contributed by atoms with van der Waals surface area (Å²) in [6, 6.07) is 0. The van der Waals surface area contributed by atoms with Crippen LogP contribution >= 0.6 is 0 Å². The van der Waals surface area contributed by atoms with Gasteiger partial charge in [0.1, 0.15) is 6.10 Å². The van der Waals surface area contributed by atoms with Crippen molar-refractivity contribution in [2.75, 3.05) is 0 Å². The van der Waals surface area contributed by atoms with Crippen molar-refractivity contribution in [3.63, 3.8) is 0 Å². The van der Waals surface area contributed by atoms with Crippen molar-refractivity contribution in [1.29, 1.82) is 0 Å². The van der Waals surface area contributed by atoms with Gasteiger partial charge in [-0.05, 0) is 38.2 Å². The zero-order valence-electron chi connectivity index (χ0n) is 10.7. The fourth-order valence-electron chi connectivity index (χ4n) is 1.82. The van der Waals surface area contributed by atoms with Gasteiger partial charge in [0, 0.05) is 0 Å². The minimum absolute atomic E-state index is 0.0506. The molecular weight excluding hydrogens is 200 g/mol. The lowest BCUT2D eigenvalue weighted by Crippen LogP contribution is -2.27. The Morgan fingerprint density at radius 2 is 2.19 bits per heavy atom. The van der Waals surface area contributed by atoms with Gasteiger partial charge in [-0.3, -0.25) is 4.79 Å². The first-order valence-electron chi connectivity index (χ1n) is 5.94. The Balaban J connectivity index is 2.65. The van der Waals surface area contributed by atoms with Gasteiger partial charge in [-0.25, -0.2) is 0 Å². The van der Waals surface area contributed by atoms with Crippen LogP contribution in [0.4, 0.5) is 0 Å². The Morgan fingerprint density at radius 1 is 1.56 bits per heavy atom. The second kappa shape index (κ2) is 5.33. The smallest absolute Gasteiger partial charge is 0.308 e. The lowest BCUT2D eigenvalue weighted by molar-refractivity contribution is -0.151. The first-order chi connectivity index (χ1) is 7.41. The number of hydrogen-bond donors (Lipinski definition) is 0. The van der Waals surface area contributed by atoms with E-state index in [9.17, 15) is 4.79 Å². The van der Waals surface area contributed by atoms with Crippen molar-refractivity contribution in [2.24, 2.45) is 11.8 Å². The minimum atomic E-state index is -0.111. The molecule has 0 aromatic rings. The SMILES string of the molecule is C=C(C)C1CC=C(C)C(OC(=O)C(C)C)C1. The van der Waals surface area contributed by atoms with E-state index < -0.39 is 0 Å². The minimum Gasteiger partial charge on any atom is -0.458 e. The van der Waals surface area contributed by atoms with Gasteiger partial charge in [-0.2, -0.15) is 0 Å². The predicted molar refractivity (Wildman–Crippen MR) is 66.0 cm³/mol. The number of allylic oxidation sites excluding steroid dienone is 2. The maximum absolute atomic E-state index is 11.6. The summed E-state index contributed by atoms with van der Waals surface area (Å²) in [6.07, 6.45) is 4.03. The van der Waals surface area contributed by atoms with E-state index in [2.05, 4.69) is 12.7 Å². The molecule has 2 nitrogen and oxygen atoms in total. The van der Waals surface area contributed by atoms with Crippen molar-refractivity contribution in [3.8, 4) is 0 Å². The summed E-state index contributed by atoms with van der Waals surface area (Å²) in [5.41, 5.74) is 2.35. The highest BCUT2D eigenvalue weighted by atomic mass is 16.5. The van der Waals surface area contributed by atoms with Crippen LogP contribution in [0.25, 0.3) is 0 Å². The van der Waals surface area contributed by atoms with Gasteiger partial charge in [-0.1, -0.05) is 32.1 Å². The van der Waals surface area contributed by atoms with Crippen LogP contribution < -0.4 is 0 Å². The quantitative estimate of drug-likeness (QED) is 0.539. The van der Waals surface area contributed by atoms with E-state index in [0.717, 1.165) is 12.8 Å². The van der Waals surface area contributed by atoms with Gasteiger partial charge in [-0.15, -0.1) is 0 Å². The van der Waals surface area contributed by atoms with Crippen LogP contribution in [0.15, 0.2) is 23.8 Å². The molecular formula is C14H22O2. The average Bonchev–Trinajstić information content (AvgIpc) is 2.20. The van der Waals surface area contributed by atoms with Crippen LogP contribution in [0.5, 0.6) is 0 Å². The molecule has 16 heavy (non-hydrogen) atoms. The summed E-state index contributed by atoms with van der Waals surface area (Å²) in [7, 11) is 0. The Morgan fingerprint density at radius 3 is 2.69 bits per heavy atom. The van der Waals surface area contributed by atoms with Crippen molar-refractivity contribution in [1.82, 2.24) is 0 Å². The molecule has 2 atom stereocenters. The Labute approximate surface area is 98.4 Å². The van der Waals surface area contributed by atoms with Crippen LogP contribution in [-0.4, -0.2) is 12.1 Å². The van der Waals surface area contributed by atoms with Crippen LogP contribution in [0.2, 0.25) is 0 Å². The topological polar surface area (TPSA) is 26.3 Å². The van der Waals surface area contributed by atoms with Gasteiger partial charge < -0.3 is 4.74 Å². The molecule has 0 aliphatic heterocycles. The van der Waals surface area contributed by atoms with Gasteiger partial charge in [0.2, 0.25) is 0 Å². The van der Waals surface area contributed by atoms with Crippen molar-refractivity contribution >= 4 is 5.97 Å². The number of hydrogen-bond acceptors (Lipinski definition) is 2. The van der Waals surface area contributed by atoms with Gasteiger partial charge >= 0.3 is 5.97 Å². The number of esters is 1. The lowest BCUT2D eigenvalue weighted by Gasteiger charge is -2.29. The molecule has 0 amide bonds. The Hall–Kier alpha value is -1.05. The van der Waals surface area contributed by atoms with E-state index in [1.165, 1.54) is 11.1 Å². The largest absolute Gasteiger partial charge is 0.458 e. The molecule has 1 aliphatic carbocycles. The van der Waals surface area contributed by atoms with E-state index in [4.69, 9.17) is 4.74 Å². The molecule has 0 bridgehead atoms. The fraction of sp³-hybridized carbons (Fsp3) is 0.643. The highest BCUT2D eigenvalue weighted by Crippen LogP contribution is 2.30. The Kier molecular flexibility index (Phi) is 4.34. The fourth-order valence-corrected chi connectivity index (χ4v) is 1.82. The van der Waals surface area contributed by atoms with E-state index in [-0.39, 0.29) is 18.0 Å². The number of rotatable bonds is 3. The molecule has 2 unspecified atom stereocenters. The molecule has 0 aromatic heterocycles. The van der Waals surface area contributed by atoms with Gasteiger partial charge in [0.05, 0.1) is 5.92 Å². The number of ether oxygens (including phenoxy) is 1. The van der Waals surface area contributed by atoms with Crippen LogP contribution in [0, 0.1) is 11.8 Å². The van der Waals surface area contributed by atoms with E-state index in [1.54, 1.807) is 0 Å². The summed E-state index contributed by atoms with van der Waals surface area (Å²) in [4.78, 5) is 11.6. The highest BCUT2D eigenvalue weighted by molar-refractivity contribution is 5.72. The third kappa shape index (κ3) is 3.22. The molecule has 1 rings (SSSR count). The van der Waals surface area contributed by atoms with Gasteiger partial charge in [0.15, 0.2) is 0 Å². The molecule has 0 saturated carbocycles. The Bertz CT molecular complexity index is 313. The third-order valence-electron chi connectivity index (χ3n) is 3.16. The van der Waals surface area contributed by atoms with E-state index in [1.807, 2.05) is 27.7 Å². The monoisotopic (exact) mass is 222 g/mol. The first-order valence-corrected chi connectivity index (χ1v) is 5.94. The molecule has 0 fully saturated rings. The predicted octanol–water partition coefficient (Wildman–Crippen LogP) is 3.49. The van der Waals surface area contributed by atoms with E-state index >= 15 is 0 Å². The van der Waals surface area contributed by atoms with E-state index in [0.29, 0.717) is 5.92 Å². The average molecular weight is 222 g/mol. The second-order valence-corrected chi connectivity index (χ2v) is 5.04. The molecule has 0 spiro atoms. The second-order valence-electron chi connectivity index (χ2n) is 5.04. The molecule has 0 N–H and O–H groups in total. The van der Waals surface area contributed by atoms with Crippen molar-refractivity contribution in [2.45, 2.75) is 46.6 Å². The summed E-state index contributed by atoms with van der Waals surface area (Å²) < 4.78 is 5.50. The molecule has 90 valence electrons. The normalized spacial score (nSPS) is 25.2. The van der Waals surface area contributed by atoms with Crippen LogP contribution in [0.3, 0.4) is 0 Å². The van der Waals surface area contributed by atoms with Gasteiger partial charge in [0.25, 0.3) is 0 Å². The summed E-state index contributed by atoms with van der Waals surface area (Å²) in [5.74, 6) is 0.284. The summed E-state index contributed by atoms with van der Waals surface area (Å²) in [5, 5.41) is 0. The van der Waals surface area contributed by atoms with Crippen molar-refractivity contribution < 1.29 is 9.53 Å². The zero-order chi connectivity index (χ0) is 12.3. The molecule has 0 saturated heterocycles. The number of carbonyl (C=O) groups excluding carboxylic acids is 1. The van der Waals surface area contributed by atoms with Crippen LogP contribution in [0.1, 0.15) is 40.5 Å². The first kappa shape index (κ1) is 13.0. The molecule has 0 heterocycles. The molecule has 0 aromatic carbocycles. The standard InChI is InChI=1S/C14H22O2/c1-9(2)12-7-6-11(5)13(8-12)16-14(15)10(3)4/h6,10,12-13H,1,7-8H2,2-5H3. The molecule has 1 aliphatic rings. The summed E-state index contributed by atoms with van der Waals surface area (Å²) >= 11 is 0. The molecule has 2 heteroatoms. The maximum Gasteiger partial charge on any atom is 0.308 e. The molecule has 0 radical (unpaired) electrons. The highest BCUT2D eigenvalue weighted by Gasteiger charge is 2.26. The zero-order valence-corrected chi connectivity index (χ0v) is 10.7. The third-order valence-corrected chi connectivity index (χ3v) is 3.16. The number of carbonyl (C=O) groups is 1. The van der Waals surface area contributed by atoms with Crippen LogP contribution in [-0.2, 0) is 9.53 Å².